The summed E-state index contributed by atoms with van der Waals surface area (Å²) in [4.78, 5) is 212. The number of carboxylic acid groups (broad SMARTS) is 8. The number of aliphatic hydroxyl groups is 16. The summed E-state index contributed by atoms with van der Waals surface area (Å²) in [5.74, 6) is -24.8. The van der Waals surface area contributed by atoms with Crippen molar-refractivity contribution in [2.45, 2.75) is 361 Å². The predicted molar refractivity (Wildman–Crippen MR) is 445 cm³/mol. The molecule has 0 aliphatic carbocycles. The topological polar surface area (TPSA) is 1010 Å². The molecule has 1 amide bonds. The SMILES string of the molecule is CC(NC(=O)CCC(=O)OCC1OC2OC3C(COC(=O)CCC(=O)O)OC(OC4C(COC(=O)CCC(=O)O)OC(OC5C(COC(=O)CCC(=O)O)OC(OC6C(COC(=O)CCC(=O)O)OC(OC7C(COC(=O)CCC(=O)O)OC(OC8C(COC(=O)CCC(=O)O)OC(OC9C(COC(=O)CCC(=O)O)OC(OC1C(O)C2O)C(O)C9O)C(O)C8O)C(O)C7O)C(O)C6O)C(O)C5O)C(O)C4O)C(O)C3O)C(=O)O. The van der Waals surface area contributed by atoms with Gasteiger partial charge in [0.25, 0.3) is 0 Å². The average Bonchev–Trinajstić information content (AvgIpc) is 0.770. The second-order valence-electron chi connectivity index (χ2n) is 34.8. The molecule has 0 radical (unpaired) electrons. The van der Waals surface area contributed by atoms with E-state index in [-0.39, 0.29) is 0 Å². The molecule has 30 rings (SSSR count). The Morgan fingerprint density at radius 2 is 0.309 bits per heavy atom. The number of amides is 1. The van der Waals surface area contributed by atoms with Gasteiger partial charge in [-0.2, -0.15) is 0 Å². The molecule has 66 nitrogen and oxygen atoms in total. The van der Waals surface area contributed by atoms with Gasteiger partial charge in [0.15, 0.2) is 50.3 Å². The Morgan fingerprint density at radius 3 is 0.423 bits per heavy atom. The lowest BCUT2D eigenvalue weighted by atomic mass is 9.94. The zero-order valence-electron chi connectivity index (χ0n) is 78.1. The number of aliphatic carboxylic acids is 8. The fourth-order valence-corrected chi connectivity index (χ4v) is 15.8. The van der Waals surface area contributed by atoms with Gasteiger partial charge in [-0.3, -0.25) is 81.5 Å². The van der Waals surface area contributed by atoms with Crippen LogP contribution in [0.3, 0.4) is 0 Å². The smallest absolute Gasteiger partial charge is 0.325 e. The number of carboxylic acids is 8. The van der Waals surface area contributed by atoms with Crippen LogP contribution in [0.4, 0.5) is 0 Å². The highest BCUT2D eigenvalue weighted by Crippen LogP contribution is 2.42. The van der Waals surface area contributed by atoms with Crippen molar-refractivity contribution in [3.63, 3.8) is 0 Å². The van der Waals surface area contributed by atoms with Gasteiger partial charge in [0.2, 0.25) is 5.91 Å². The zero-order valence-corrected chi connectivity index (χ0v) is 78.1. The van der Waals surface area contributed by atoms with E-state index in [1.54, 1.807) is 0 Å². The normalized spacial score (nSPS) is 37.1. The number of hydrogen-bond acceptors (Lipinski definition) is 57. The van der Waals surface area contributed by atoms with E-state index in [1.165, 1.54) is 0 Å². The molecule has 149 heavy (non-hydrogen) atoms. The summed E-state index contributed by atoms with van der Waals surface area (Å²) < 4.78 is 138. The van der Waals surface area contributed by atoms with Gasteiger partial charge >= 0.3 is 95.5 Å². The molecule has 0 saturated carbocycles. The number of rotatable bonds is 42. The van der Waals surface area contributed by atoms with Gasteiger partial charge in [-0.05, 0) is 6.92 Å². The van der Waals surface area contributed by atoms with Crippen LogP contribution in [0.25, 0.3) is 0 Å². The number of esters is 8. The monoisotopic (exact) mass is 2170 g/mol. The maximum absolute atomic E-state index is 13.6. The summed E-state index contributed by atoms with van der Waals surface area (Å²) >= 11 is 0. The predicted octanol–water partition coefficient (Wildman–Crippen LogP) is -14.6. The minimum Gasteiger partial charge on any atom is -0.481 e. The van der Waals surface area contributed by atoms with Crippen LogP contribution < -0.4 is 5.32 Å². The van der Waals surface area contributed by atoms with E-state index in [0.29, 0.717) is 0 Å². The van der Waals surface area contributed by atoms with Crippen LogP contribution in [0.5, 0.6) is 0 Å². The van der Waals surface area contributed by atoms with E-state index < -0.39 is 509 Å². The van der Waals surface area contributed by atoms with Gasteiger partial charge in [-0.15, -0.1) is 0 Å². The van der Waals surface area contributed by atoms with Gasteiger partial charge in [0.05, 0.1) is 96.3 Å². The molecule has 30 fully saturated rings. The van der Waals surface area contributed by atoms with Gasteiger partial charge in [0.1, 0.15) is 254 Å². The highest BCUT2D eigenvalue weighted by atomic mass is 16.8. The van der Waals surface area contributed by atoms with E-state index in [9.17, 15) is 204 Å². The molecule has 844 valence electrons. The lowest BCUT2D eigenvalue weighted by molar-refractivity contribution is -0.404. The van der Waals surface area contributed by atoms with Gasteiger partial charge < -0.3 is 242 Å². The average molecular weight is 2170 g/mol. The quantitative estimate of drug-likeness (QED) is 0.0199. The van der Waals surface area contributed by atoms with Crippen molar-refractivity contribution in [2.75, 3.05) is 52.9 Å². The van der Waals surface area contributed by atoms with Crippen molar-refractivity contribution < 1.29 is 318 Å². The Balaban J connectivity index is 1.18. The summed E-state index contributed by atoms with van der Waals surface area (Å²) in [6.07, 6.45) is -117. The molecule has 41 unspecified atom stereocenters. The Labute approximate surface area is 836 Å². The first-order valence-electron chi connectivity index (χ1n) is 45.9. The van der Waals surface area contributed by atoms with Crippen LogP contribution in [0.15, 0.2) is 0 Å². The summed E-state index contributed by atoms with van der Waals surface area (Å²) in [6.45, 7) is -9.49. The van der Waals surface area contributed by atoms with Crippen LogP contribution in [-0.4, -0.2) is 529 Å². The highest BCUT2D eigenvalue weighted by molar-refractivity contribution is 5.86. The molecule has 30 saturated heterocycles. The first kappa shape index (κ1) is 122. The van der Waals surface area contributed by atoms with Crippen LogP contribution in [0, 0.1) is 0 Å². The number of carbonyl (C=O) groups is 17. The first-order chi connectivity index (χ1) is 70.2. The maximum Gasteiger partial charge on any atom is 0.325 e. The van der Waals surface area contributed by atoms with E-state index in [0.717, 1.165) is 6.92 Å². The molecule has 66 heteroatoms. The van der Waals surface area contributed by atoms with E-state index in [1.807, 2.05) is 0 Å². The van der Waals surface area contributed by atoms with Crippen LogP contribution >= 0.6 is 0 Å². The Kier molecular flexibility index (Phi) is 46.7. The fraction of sp³-hybridized carbons (Fsp3) is 0.795. The van der Waals surface area contributed by atoms with Gasteiger partial charge in [0, 0.05) is 6.42 Å². The minimum atomic E-state index is -2.75. The molecule has 30 aliphatic heterocycles. The lowest BCUT2D eigenvalue weighted by Crippen LogP contribution is -2.69. The molecule has 0 aromatic heterocycles. The Morgan fingerprint density at radius 1 is 0.188 bits per heavy atom. The van der Waals surface area contributed by atoms with Gasteiger partial charge in [-0.1, -0.05) is 0 Å². The van der Waals surface area contributed by atoms with Crippen LogP contribution in [0.1, 0.15) is 110 Å². The van der Waals surface area contributed by atoms with Crippen molar-refractivity contribution in [3.05, 3.63) is 0 Å². The number of ether oxygens (including phenoxy) is 24. The largest absolute Gasteiger partial charge is 0.481 e. The van der Waals surface area contributed by atoms with Crippen molar-refractivity contribution in [1.29, 1.82) is 0 Å². The molecule has 30 heterocycles. The number of hydrogen-bond donors (Lipinski definition) is 25. The summed E-state index contributed by atoms with van der Waals surface area (Å²) in [5.41, 5.74) is 0. The summed E-state index contributed by atoms with van der Waals surface area (Å²) in [6, 6.07) is -1.53. The van der Waals surface area contributed by atoms with Gasteiger partial charge in [-0.25, -0.2) is 0 Å². The van der Waals surface area contributed by atoms with E-state index in [2.05, 4.69) is 5.32 Å². The van der Waals surface area contributed by atoms with Crippen LogP contribution in [0.2, 0.25) is 0 Å². The first-order valence-corrected chi connectivity index (χ1v) is 45.9. The molecule has 0 spiro atoms. The third kappa shape index (κ3) is 34.9. The molecule has 30 aliphatic rings. The highest BCUT2D eigenvalue weighted by Gasteiger charge is 2.62. The van der Waals surface area contributed by atoms with E-state index in [4.69, 9.17) is 114 Å². The van der Waals surface area contributed by atoms with Crippen molar-refractivity contribution in [1.82, 2.24) is 5.32 Å². The van der Waals surface area contributed by atoms with Crippen molar-refractivity contribution in [2.24, 2.45) is 0 Å². The van der Waals surface area contributed by atoms with Crippen LogP contribution in [-0.2, 0) is 195 Å². The number of aliphatic hydroxyl groups excluding tert-OH is 16. The second-order valence-corrected chi connectivity index (χ2v) is 34.8. The molecule has 0 aromatic carbocycles. The number of nitrogens with one attached hydrogen (secondary N) is 1. The molecule has 25 N–H and O–H groups in total. The third-order valence-electron chi connectivity index (χ3n) is 23.8. The molecular formula is C83H117NO65. The Bertz CT molecular complexity index is 4120. The fourth-order valence-electron chi connectivity index (χ4n) is 15.8. The molecule has 41 atom stereocenters. The van der Waals surface area contributed by atoms with E-state index >= 15 is 0 Å². The van der Waals surface area contributed by atoms with Crippen molar-refractivity contribution in [3.8, 4) is 0 Å². The summed E-state index contributed by atoms with van der Waals surface area (Å²) in [5, 5.41) is 273. The zero-order chi connectivity index (χ0) is 110. The molecule has 0 aromatic rings. The molecule has 16 bridgehead atoms. The minimum absolute atomic E-state index is 0.830. The standard InChI is InChI=1S/C83H117NO65/c1-26(75(124)125)84-35(85)2-10-43(100)126-18-27-67-51(108)59(116)76(134-27)143-68-28(19-127-44(101)11-3-36(86)87)136-78(61(118)53(68)110)145-70-30(21-129-46(103)13-5-38(90)91)138-80(63(120)55(70)112)147-72-32(23-131-48(105)15-7-40(94)95)140-82(65(122)57(72)114)149-74-34(25-133-50(107)17-9-42(98)99)141-83(66(123)58(74)115)148-73-33(24-132-49(106)16-8-41(96)97)139-81(64(121)56(73)113)146-71-31(22-130-47(104)14-6-39(92)93)137-79(62(119)54(71)111)144-69-29(20-128-45(102)12-4-37(88)89)135-77(142-67)60(117)52(69)109/h26-34,51-74,76-83,108-123H,2-25H2,1H3,(H,84,85)(H,86,87)(H,88,89)(H,90,91)(H,92,93)(H,94,95)(H,96,97)(H,98,99)(H,124,125). The Hall–Kier alpha value is -10.3. The van der Waals surface area contributed by atoms with Crippen molar-refractivity contribution >= 4 is 101 Å². The maximum atomic E-state index is 13.6. The third-order valence-corrected chi connectivity index (χ3v) is 23.8. The second kappa shape index (κ2) is 56.9. The number of carbonyl (C=O) groups excluding carboxylic acids is 9. The summed E-state index contributed by atoms with van der Waals surface area (Å²) in [7, 11) is 0. The molecular weight excluding hydrogens is 2050 g/mol. The lowest BCUT2D eigenvalue weighted by Gasteiger charge is -2.51.